The Bertz CT molecular complexity index is 558. The Kier molecular flexibility index (Phi) is 5.91. The number of hydrogen-bond donors (Lipinski definition) is 2. The number of amides is 2. The van der Waals surface area contributed by atoms with E-state index in [9.17, 15) is 9.59 Å². The first-order valence-corrected chi connectivity index (χ1v) is 7.88. The van der Waals surface area contributed by atoms with Gasteiger partial charge in [0.05, 0.1) is 5.02 Å². The Morgan fingerprint density at radius 2 is 1.91 bits per heavy atom. The average Bonchev–Trinajstić information content (AvgIpc) is 2.47. The van der Waals surface area contributed by atoms with Gasteiger partial charge in [0.15, 0.2) is 6.61 Å². The predicted octanol–water partition coefficient (Wildman–Crippen LogP) is 2.53. The van der Waals surface area contributed by atoms with E-state index in [4.69, 9.17) is 33.7 Å². The molecule has 22 heavy (non-hydrogen) atoms. The van der Waals surface area contributed by atoms with Crippen LogP contribution in [0, 0.1) is 5.92 Å². The van der Waals surface area contributed by atoms with Crippen molar-refractivity contribution in [3.63, 3.8) is 0 Å². The van der Waals surface area contributed by atoms with Gasteiger partial charge >= 0.3 is 0 Å². The standard InChI is InChI=1S/C15H18Cl2N2O3/c16-10-3-6-13(12(17)7-10)22-8-14(20)19-11-4-1-9(2-5-11)15(18)21/h3,6-7,9,11H,1-2,4-5,8H2,(H2,18,21)(H,19,20). The van der Waals surface area contributed by atoms with Crippen LogP contribution in [0.15, 0.2) is 18.2 Å². The largest absolute Gasteiger partial charge is 0.482 e. The molecule has 5 nitrogen and oxygen atoms in total. The van der Waals surface area contributed by atoms with E-state index in [1.807, 2.05) is 0 Å². The molecular weight excluding hydrogens is 327 g/mol. The highest BCUT2D eigenvalue weighted by Crippen LogP contribution is 2.27. The van der Waals surface area contributed by atoms with E-state index in [-0.39, 0.29) is 30.4 Å². The highest BCUT2D eigenvalue weighted by atomic mass is 35.5. The fourth-order valence-electron chi connectivity index (χ4n) is 2.53. The lowest BCUT2D eigenvalue weighted by Crippen LogP contribution is -2.41. The Balaban J connectivity index is 1.75. The number of primary amides is 1. The molecule has 1 saturated carbocycles. The molecule has 1 aromatic carbocycles. The average molecular weight is 345 g/mol. The molecule has 0 aliphatic heterocycles. The Hall–Kier alpha value is -1.46. The SMILES string of the molecule is NC(=O)C1CCC(NC(=O)COc2ccc(Cl)cc2Cl)CC1. The predicted molar refractivity (Wildman–Crippen MR) is 85.0 cm³/mol. The normalized spacial score (nSPS) is 21.2. The van der Waals surface area contributed by atoms with E-state index in [1.165, 1.54) is 0 Å². The number of hydrogen-bond acceptors (Lipinski definition) is 3. The summed E-state index contributed by atoms with van der Waals surface area (Å²) in [4.78, 5) is 23.0. The second kappa shape index (κ2) is 7.70. The molecule has 0 heterocycles. The number of rotatable bonds is 5. The first kappa shape index (κ1) is 16.9. The second-order valence-electron chi connectivity index (χ2n) is 5.38. The van der Waals surface area contributed by atoms with Crippen molar-refractivity contribution in [2.45, 2.75) is 31.7 Å². The van der Waals surface area contributed by atoms with Gasteiger partial charge < -0.3 is 15.8 Å². The minimum Gasteiger partial charge on any atom is -0.482 e. The monoisotopic (exact) mass is 344 g/mol. The van der Waals surface area contributed by atoms with E-state index in [0.29, 0.717) is 28.6 Å². The van der Waals surface area contributed by atoms with Crippen molar-refractivity contribution in [3.8, 4) is 5.75 Å². The minimum atomic E-state index is -0.259. The number of nitrogens with two attached hydrogens (primary N) is 1. The summed E-state index contributed by atoms with van der Waals surface area (Å²) in [5.74, 6) is -0.130. The van der Waals surface area contributed by atoms with Crippen LogP contribution >= 0.6 is 23.2 Å². The van der Waals surface area contributed by atoms with Gasteiger partial charge in [-0.1, -0.05) is 23.2 Å². The van der Waals surface area contributed by atoms with Gasteiger partial charge in [-0.15, -0.1) is 0 Å². The number of benzene rings is 1. The third-order valence-electron chi connectivity index (χ3n) is 3.75. The van der Waals surface area contributed by atoms with Gasteiger partial charge in [0.25, 0.3) is 5.91 Å². The molecule has 0 spiro atoms. The minimum absolute atomic E-state index is 0.0624. The summed E-state index contributed by atoms with van der Waals surface area (Å²) in [5, 5.41) is 3.76. The fraction of sp³-hybridized carbons (Fsp3) is 0.467. The Labute approximate surface area is 139 Å². The molecule has 3 N–H and O–H groups in total. The molecule has 2 amide bonds. The van der Waals surface area contributed by atoms with E-state index >= 15 is 0 Å². The molecule has 0 aromatic heterocycles. The topological polar surface area (TPSA) is 81.4 Å². The molecule has 7 heteroatoms. The van der Waals surface area contributed by atoms with Crippen LogP contribution in [0.1, 0.15) is 25.7 Å². The maximum Gasteiger partial charge on any atom is 0.258 e. The summed E-state index contributed by atoms with van der Waals surface area (Å²) in [6.45, 7) is -0.114. The summed E-state index contributed by atoms with van der Waals surface area (Å²) < 4.78 is 5.38. The number of carbonyl (C=O) groups is 2. The molecule has 120 valence electrons. The molecule has 1 aliphatic rings. The number of nitrogens with one attached hydrogen (secondary N) is 1. The van der Waals surface area contributed by atoms with Crippen molar-refractivity contribution in [2.24, 2.45) is 11.7 Å². The van der Waals surface area contributed by atoms with Gasteiger partial charge in [0, 0.05) is 17.0 Å². The van der Waals surface area contributed by atoms with Gasteiger partial charge in [-0.2, -0.15) is 0 Å². The van der Waals surface area contributed by atoms with Crippen LogP contribution in [0.4, 0.5) is 0 Å². The Morgan fingerprint density at radius 1 is 1.23 bits per heavy atom. The first-order valence-electron chi connectivity index (χ1n) is 7.12. The highest BCUT2D eigenvalue weighted by molar-refractivity contribution is 6.35. The van der Waals surface area contributed by atoms with Crippen molar-refractivity contribution < 1.29 is 14.3 Å². The maximum absolute atomic E-state index is 11.9. The molecule has 0 unspecified atom stereocenters. The molecule has 2 rings (SSSR count). The summed E-state index contributed by atoms with van der Waals surface area (Å²) in [5.41, 5.74) is 5.28. The summed E-state index contributed by atoms with van der Waals surface area (Å²) in [6, 6.07) is 4.89. The van der Waals surface area contributed by atoms with Crippen LogP contribution in [-0.4, -0.2) is 24.5 Å². The zero-order valence-corrected chi connectivity index (χ0v) is 13.5. The quantitative estimate of drug-likeness (QED) is 0.860. The zero-order valence-electron chi connectivity index (χ0n) is 12.0. The van der Waals surface area contributed by atoms with Gasteiger partial charge in [0.2, 0.25) is 5.91 Å². The van der Waals surface area contributed by atoms with E-state index in [2.05, 4.69) is 5.32 Å². The van der Waals surface area contributed by atoms with Crippen LogP contribution in [0.25, 0.3) is 0 Å². The molecule has 1 aromatic rings. The highest BCUT2D eigenvalue weighted by Gasteiger charge is 2.25. The van der Waals surface area contributed by atoms with Crippen molar-refractivity contribution in [2.75, 3.05) is 6.61 Å². The number of carbonyl (C=O) groups excluding carboxylic acids is 2. The lowest BCUT2D eigenvalue weighted by molar-refractivity contribution is -0.124. The molecule has 1 aliphatic carbocycles. The zero-order chi connectivity index (χ0) is 16.1. The van der Waals surface area contributed by atoms with Gasteiger partial charge in [-0.3, -0.25) is 9.59 Å². The third kappa shape index (κ3) is 4.78. The summed E-state index contributed by atoms with van der Waals surface area (Å²) in [6.07, 6.45) is 2.93. The summed E-state index contributed by atoms with van der Waals surface area (Å²) in [7, 11) is 0. The van der Waals surface area contributed by atoms with Crippen molar-refractivity contribution in [1.82, 2.24) is 5.32 Å². The van der Waals surface area contributed by atoms with Crippen LogP contribution in [0.3, 0.4) is 0 Å². The molecular formula is C15H18Cl2N2O3. The first-order chi connectivity index (χ1) is 10.5. The van der Waals surface area contributed by atoms with Crippen LogP contribution in [-0.2, 0) is 9.59 Å². The van der Waals surface area contributed by atoms with Gasteiger partial charge in [-0.25, -0.2) is 0 Å². The lowest BCUT2D eigenvalue weighted by atomic mass is 9.85. The molecule has 0 saturated heterocycles. The van der Waals surface area contributed by atoms with Crippen molar-refractivity contribution in [1.29, 1.82) is 0 Å². The maximum atomic E-state index is 11.9. The van der Waals surface area contributed by atoms with Crippen molar-refractivity contribution >= 4 is 35.0 Å². The summed E-state index contributed by atoms with van der Waals surface area (Å²) >= 11 is 11.8. The van der Waals surface area contributed by atoms with Crippen LogP contribution in [0.2, 0.25) is 10.0 Å². The second-order valence-corrected chi connectivity index (χ2v) is 6.23. The van der Waals surface area contributed by atoms with Crippen LogP contribution < -0.4 is 15.8 Å². The number of halogens is 2. The van der Waals surface area contributed by atoms with Crippen molar-refractivity contribution in [3.05, 3.63) is 28.2 Å². The van der Waals surface area contributed by atoms with E-state index in [0.717, 1.165) is 12.8 Å². The molecule has 0 bridgehead atoms. The Morgan fingerprint density at radius 3 is 2.50 bits per heavy atom. The molecule has 0 atom stereocenters. The molecule has 0 radical (unpaired) electrons. The third-order valence-corrected chi connectivity index (χ3v) is 4.28. The number of ether oxygens (including phenoxy) is 1. The smallest absolute Gasteiger partial charge is 0.258 e. The van der Waals surface area contributed by atoms with Gasteiger partial charge in [-0.05, 0) is 43.9 Å². The lowest BCUT2D eigenvalue weighted by Gasteiger charge is -2.27. The fourth-order valence-corrected chi connectivity index (χ4v) is 2.99. The van der Waals surface area contributed by atoms with E-state index in [1.54, 1.807) is 18.2 Å². The van der Waals surface area contributed by atoms with Gasteiger partial charge in [0.1, 0.15) is 5.75 Å². The van der Waals surface area contributed by atoms with E-state index < -0.39 is 0 Å². The molecule has 1 fully saturated rings. The van der Waals surface area contributed by atoms with Crippen LogP contribution in [0.5, 0.6) is 5.75 Å².